The summed E-state index contributed by atoms with van der Waals surface area (Å²) in [7, 11) is 1.61. The first kappa shape index (κ1) is 15.4. The summed E-state index contributed by atoms with van der Waals surface area (Å²) in [6.45, 7) is 1.81. The zero-order chi connectivity index (χ0) is 15.2. The van der Waals surface area contributed by atoms with Crippen molar-refractivity contribution in [3.05, 3.63) is 53.0 Å². The highest BCUT2D eigenvalue weighted by Crippen LogP contribution is 2.25. The number of amides is 1. The van der Waals surface area contributed by atoms with Gasteiger partial charge in [-0.1, -0.05) is 34.1 Å². The zero-order valence-corrected chi connectivity index (χ0v) is 13.5. The number of nitrogens with one attached hydrogen (secondary N) is 2. The van der Waals surface area contributed by atoms with Crippen molar-refractivity contribution in [1.29, 1.82) is 0 Å². The van der Waals surface area contributed by atoms with Crippen molar-refractivity contribution in [3.8, 4) is 5.75 Å². The second-order valence-electron chi connectivity index (χ2n) is 4.60. The highest BCUT2D eigenvalue weighted by Gasteiger charge is 2.13. The summed E-state index contributed by atoms with van der Waals surface area (Å²) in [6, 6.07) is 14.6. The minimum absolute atomic E-state index is 0.0971. The fourth-order valence-corrected chi connectivity index (χ4v) is 2.32. The first-order valence-corrected chi connectivity index (χ1v) is 7.35. The van der Waals surface area contributed by atoms with Crippen molar-refractivity contribution in [3.63, 3.8) is 0 Å². The fourth-order valence-electron chi connectivity index (χ4n) is 1.85. The van der Waals surface area contributed by atoms with E-state index < -0.39 is 0 Å². The lowest BCUT2D eigenvalue weighted by molar-refractivity contribution is -0.116. The molecule has 110 valence electrons. The number of hydrogen-bond donors (Lipinski definition) is 2. The number of anilines is 2. The summed E-state index contributed by atoms with van der Waals surface area (Å²) in [4.78, 5) is 12.1. The zero-order valence-electron chi connectivity index (χ0n) is 11.9. The van der Waals surface area contributed by atoms with Gasteiger partial charge in [-0.3, -0.25) is 4.79 Å². The molecular weight excluding hydrogens is 332 g/mol. The van der Waals surface area contributed by atoms with Gasteiger partial charge < -0.3 is 15.4 Å². The molecule has 0 aliphatic rings. The Balaban J connectivity index is 2.02. The van der Waals surface area contributed by atoms with E-state index in [1.807, 2.05) is 55.5 Å². The van der Waals surface area contributed by atoms with Crippen LogP contribution in [0.15, 0.2) is 53.0 Å². The van der Waals surface area contributed by atoms with Gasteiger partial charge in [0, 0.05) is 21.9 Å². The van der Waals surface area contributed by atoms with Gasteiger partial charge in [-0.2, -0.15) is 0 Å². The van der Waals surface area contributed by atoms with Crippen LogP contribution in [0.5, 0.6) is 5.75 Å². The second-order valence-corrected chi connectivity index (χ2v) is 5.52. The molecule has 0 spiro atoms. The van der Waals surface area contributed by atoms with Gasteiger partial charge in [0.2, 0.25) is 5.91 Å². The predicted molar refractivity (Wildman–Crippen MR) is 88.9 cm³/mol. The number of para-hydroxylation sites is 1. The summed E-state index contributed by atoms with van der Waals surface area (Å²) in [5.41, 5.74) is 1.60. The van der Waals surface area contributed by atoms with Crippen molar-refractivity contribution in [1.82, 2.24) is 0 Å². The SMILES string of the molecule is COc1cc(Br)cc(NC(C)C(=O)Nc2ccccc2)c1. The number of ether oxygens (including phenoxy) is 1. The molecule has 0 aromatic heterocycles. The number of hydrogen-bond acceptors (Lipinski definition) is 3. The van der Waals surface area contributed by atoms with Crippen LogP contribution in [0.1, 0.15) is 6.92 Å². The highest BCUT2D eigenvalue weighted by molar-refractivity contribution is 9.10. The third-order valence-corrected chi connectivity index (χ3v) is 3.38. The smallest absolute Gasteiger partial charge is 0.246 e. The number of benzene rings is 2. The molecule has 0 aliphatic carbocycles. The Labute approximate surface area is 132 Å². The number of methoxy groups -OCH3 is 1. The lowest BCUT2D eigenvalue weighted by Gasteiger charge is -2.16. The van der Waals surface area contributed by atoms with Gasteiger partial charge >= 0.3 is 0 Å². The maximum Gasteiger partial charge on any atom is 0.246 e. The van der Waals surface area contributed by atoms with Gasteiger partial charge in [-0.25, -0.2) is 0 Å². The number of halogens is 1. The minimum atomic E-state index is -0.371. The molecule has 0 bridgehead atoms. The van der Waals surface area contributed by atoms with Gasteiger partial charge in [-0.15, -0.1) is 0 Å². The van der Waals surface area contributed by atoms with Gasteiger partial charge in [-0.05, 0) is 31.2 Å². The van der Waals surface area contributed by atoms with Crippen molar-refractivity contribution in [2.45, 2.75) is 13.0 Å². The second kappa shape index (κ2) is 7.13. The molecular formula is C16H17BrN2O2. The van der Waals surface area contributed by atoms with Gasteiger partial charge in [0.25, 0.3) is 0 Å². The predicted octanol–water partition coefficient (Wildman–Crippen LogP) is 3.90. The fraction of sp³-hybridized carbons (Fsp3) is 0.188. The summed E-state index contributed by atoms with van der Waals surface area (Å²) in [5.74, 6) is 0.627. The Morgan fingerprint density at radius 3 is 2.52 bits per heavy atom. The summed E-state index contributed by atoms with van der Waals surface area (Å²) >= 11 is 3.41. The highest BCUT2D eigenvalue weighted by atomic mass is 79.9. The molecule has 2 rings (SSSR count). The van der Waals surface area contributed by atoms with Crippen LogP contribution in [0.2, 0.25) is 0 Å². The van der Waals surface area contributed by atoms with E-state index in [2.05, 4.69) is 26.6 Å². The van der Waals surface area contributed by atoms with Gasteiger partial charge in [0.1, 0.15) is 11.8 Å². The molecule has 0 fully saturated rings. The van der Waals surface area contributed by atoms with E-state index in [1.54, 1.807) is 7.11 Å². The average Bonchev–Trinajstić information content (AvgIpc) is 2.47. The molecule has 2 aromatic rings. The van der Waals surface area contributed by atoms with Crippen molar-refractivity contribution in [2.24, 2.45) is 0 Å². The van der Waals surface area contributed by atoms with Crippen molar-refractivity contribution < 1.29 is 9.53 Å². The van der Waals surface area contributed by atoms with E-state index in [0.29, 0.717) is 0 Å². The maximum atomic E-state index is 12.1. The number of carbonyl (C=O) groups excluding carboxylic acids is 1. The molecule has 2 aromatic carbocycles. The van der Waals surface area contributed by atoms with Crippen LogP contribution < -0.4 is 15.4 Å². The largest absolute Gasteiger partial charge is 0.497 e. The van der Waals surface area contributed by atoms with E-state index in [1.165, 1.54) is 0 Å². The van der Waals surface area contributed by atoms with Crippen LogP contribution in [-0.2, 0) is 4.79 Å². The Bertz CT molecular complexity index is 617. The van der Waals surface area contributed by atoms with Gasteiger partial charge in [0.15, 0.2) is 0 Å². The van der Waals surface area contributed by atoms with Crippen LogP contribution >= 0.6 is 15.9 Å². The molecule has 1 unspecified atom stereocenters. The molecule has 2 N–H and O–H groups in total. The number of carbonyl (C=O) groups is 1. The van der Waals surface area contributed by atoms with Crippen LogP contribution in [0, 0.1) is 0 Å². The molecule has 1 amide bonds. The van der Waals surface area contributed by atoms with E-state index in [-0.39, 0.29) is 11.9 Å². The molecule has 0 aliphatic heterocycles. The summed E-state index contributed by atoms with van der Waals surface area (Å²) < 4.78 is 6.09. The molecule has 0 radical (unpaired) electrons. The monoisotopic (exact) mass is 348 g/mol. The minimum Gasteiger partial charge on any atom is -0.497 e. The van der Waals surface area contributed by atoms with Crippen molar-refractivity contribution >= 4 is 33.2 Å². The van der Waals surface area contributed by atoms with Crippen LogP contribution in [-0.4, -0.2) is 19.1 Å². The Morgan fingerprint density at radius 1 is 1.14 bits per heavy atom. The van der Waals surface area contributed by atoms with E-state index >= 15 is 0 Å². The molecule has 0 saturated heterocycles. The Morgan fingerprint density at radius 2 is 1.86 bits per heavy atom. The third-order valence-electron chi connectivity index (χ3n) is 2.92. The number of rotatable bonds is 5. The first-order chi connectivity index (χ1) is 10.1. The molecule has 0 saturated carbocycles. The van der Waals surface area contributed by atoms with Crippen LogP contribution in [0.25, 0.3) is 0 Å². The molecule has 5 heteroatoms. The lowest BCUT2D eigenvalue weighted by atomic mass is 10.2. The maximum absolute atomic E-state index is 12.1. The van der Waals surface area contributed by atoms with E-state index in [0.717, 1.165) is 21.6 Å². The molecule has 0 heterocycles. The average molecular weight is 349 g/mol. The van der Waals surface area contributed by atoms with Crippen LogP contribution in [0.4, 0.5) is 11.4 Å². The van der Waals surface area contributed by atoms with Crippen LogP contribution in [0.3, 0.4) is 0 Å². The lowest BCUT2D eigenvalue weighted by Crippen LogP contribution is -2.31. The van der Waals surface area contributed by atoms with E-state index in [4.69, 9.17) is 4.74 Å². The van der Waals surface area contributed by atoms with Crippen molar-refractivity contribution in [2.75, 3.05) is 17.7 Å². The summed E-state index contributed by atoms with van der Waals surface area (Å²) in [6.07, 6.45) is 0. The van der Waals surface area contributed by atoms with Gasteiger partial charge in [0.05, 0.1) is 7.11 Å². The summed E-state index contributed by atoms with van der Waals surface area (Å²) in [5, 5.41) is 6.02. The van der Waals surface area contributed by atoms with E-state index in [9.17, 15) is 4.79 Å². The quantitative estimate of drug-likeness (QED) is 0.861. The Hall–Kier alpha value is -2.01. The topological polar surface area (TPSA) is 50.4 Å². The Kier molecular flexibility index (Phi) is 5.22. The molecule has 21 heavy (non-hydrogen) atoms. The standard InChI is InChI=1S/C16H17BrN2O2/c1-11(16(20)19-13-6-4-3-5-7-13)18-14-8-12(17)9-15(10-14)21-2/h3-11,18H,1-2H3,(H,19,20). The molecule has 4 nitrogen and oxygen atoms in total. The first-order valence-electron chi connectivity index (χ1n) is 6.55. The molecule has 1 atom stereocenters. The third kappa shape index (κ3) is 4.49. The normalized spacial score (nSPS) is 11.6.